The third-order valence-electron chi connectivity index (χ3n) is 6.58. The van der Waals surface area contributed by atoms with Crippen LogP contribution in [0.4, 0.5) is 5.69 Å². The Hall–Kier alpha value is -1.30. The number of carbonyl (C=O) groups excluding carboxylic acids is 2. The third-order valence-corrected chi connectivity index (χ3v) is 7.12. The fraction of sp³-hybridized carbons (Fsp3) is 0.619. The van der Waals surface area contributed by atoms with Crippen molar-refractivity contribution in [2.75, 3.05) is 44.2 Å². The highest BCUT2D eigenvalue weighted by atomic mass is 35.5. The van der Waals surface area contributed by atoms with Gasteiger partial charge >= 0.3 is 0 Å². The van der Waals surface area contributed by atoms with Gasteiger partial charge in [-0.2, -0.15) is 0 Å². The summed E-state index contributed by atoms with van der Waals surface area (Å²) in [5.41, 5.74) is 0.989. The van der Waals surface area contributed by atoms with Gasteiger partial charge in [0.05, 0.1) is 10.7 Å². The fourth-order valence-electron chi connectivity index (χ4n) is 4.95. The zero-order valence-corrected chi connectivity index (χ0v) is 17.6. The van der Waals surface area contributed by atoms with Crippen LogP contribution in [0, 0.1) is 5.41 Å². The minimum absolute atomic E-state index is 0.0197. The second-order valence-electron chi connectivity index (χ2n) is 8.42. The predicted molar refractivity (Wildman–Crippen MR) is 112 cm³/mol. The third kappa shape index (κ3) is 4.17. The number of halogens is 2. The van der Waals surface area contributed by atoms with Crippen molar-refractivity contribution < 1.29 is 9.59 Å². The molecule has 2 amide bonds. The van der Waals surface area contributed by atoms with E-state index in [0.29, 0.717) is 29.4 Å². The molecule has 1 aromatic carbocycles. The second kappa shape index (κ2) is 8.21. The monoisotopic (exact) mass is 423 g/mol. The van der Waals surface area contributed by atoms with Crippen LogP contribution in [0.15, 0.2) is 18.2 Å². The van der Waals surface area contributed by atoms with Crippen molar-refractivity contribution in [1.82, 2.24) is 9.80 Å². The van der Waals surface area contributed by atoms with Crippen LogP contribution in [-0.2, 0) is 9.59 Å². The van der Waals surface area contributed by atoms with Crippen molar-refractivity contribution in [3.63, 3.8) is 0 Å². The molecule has 0 unspecified atom stereocenters. The van der Waals surface area contributed by atoms with Crippen LogP contribution in [0.5, 0.6) is 0 Å². The molecule has 7 heteroatoms. The minimum Gasteiger partial charge on any atom is -0.368 e. The molecule has 2 heterocycles. The largest absolute Gasteiger partial charge is 0.368 e. The maximum atomic E-state index is 12.6. The first-order chi connectivity index (χ1) is 13.5. The lowest BCUT2D eigenvalue weighted by Gasteiger charge is -2.39. The predicted octanol–water partition coefficient (Wildman–Crippen LogP) is 3.82. The summed E-state index contributed by atoms with van der Waals surface area (Å²) in [6, 6.07) is 5.60. The summed E-state index contributed by atoms with van der Waals surface area (Å²) in [5.74, 6) is 0.0643. The van der Waals surface area contributed by atoms with Crippen molar-refractivity contribution in [3.8, 4) is 0 Å². The summed E-state index contributed by atoms with van der Waals surface area (Å²) < 4.78 is 0. The molecule has 1 spiro atoms. The van der Waals surface area contributed by atoms with Crippen LogP contribution in [-0.4, -0.2) is 60.9 Å². The zero-order valence-electron chi connectivity index (χ0n) is 16.1. The number of nitrogens with zero attached hydrogens (tertiary/aromatic N) is 3. The number of anilines is 1. The molecule has 28 heavy (non-hydrogen) atoms. The number of hydrogen-bond donors (Lipinski definition) is 0. The minimum atomic E-state index is -0.0197. The van der Waals surface area contributed by atoms with Gasteiger partial charge in [-0.05, 0) is 36.5 Å². The van der Waals surface area contributed by atoms with Gasteiger partial charge in [-0.25, -0.2) is 0 Å². The quantitative estimate of drug-likeness (QED) is 0.690. The Morgan fingerprint density at radius 3 is 2.14 bits per heavy atom. The van der Waals surface area contributed by atoms with E-state index in [9.17, 15) is 9.59 Å². The van der Waals surface area contributed by atoms with Crippen molar-refractivity contribution >= 4 is 40.7 Å². The highest BCUT2D eigenvalue weighted by Gasteiger charge is 2.44. The zero-order chi connectivity index (χ0) is 19.7. The van der Waals surface area contributed by atoms with Gasteiger partial charge in [-0.15, -0.1) is 0 Å². The number of amides is 2. The summed E-state index contributed by atoms with van der Waals surface area (Å²) >= 11 is 12.3. The molecule has 3 fully saturated rings. The Kier molecular flexibility index (Phi) is 5.86. The number of piperidine rings is 1. The average molecular weight is 424 g/mol. The number of likely N-dealkylation sites (tertiary alicyclic amines) is 1. The molecule has 0 atom stereocenters. The highest BCUT2D eigenvalue weighted by Crippen LogP contribution is 2.46. The van der Waals surface area contributed by atoms with Gasteiger partial charge in [0, 0.05) is 57.1 Å². The van der Waals surface area contributed by atoms with E-state index in [-0.39, 0.29) is 17.2 Å². The van der Waals surface area contributed by atoms with Crippen LogP contribution in [0.2, 0.25) is 10.0 Å². The SMILES string of the molecule is O=C1CC2(CCCC2)CC(=O)N1CCN1CCN(c2ccc(Cl)cc2Cl)CC1. The highest BCUT2D eigenvalue weighted by molar-refractivity contribution is 6.36. The summed E-state index contributed by atoms with van der Waals surface area (Å²) in [5, 5.41) is 1.31. The first kappa shape index (κ1) is 20.0. The molecule has 2 aliphatic heterocycles. The lowest BCUT2D eigenvalue weighted by molar-refractivity contribution is -0.153. The summed E-state index contributed by atoms with van der Waals surface area (Å²) in [7, 11) is 0. The molecule has 5 nitrogen and oxygen atoms in total. The average Bonchev–Trinajstić information content (AvgIpc) is 3.09. The molecule has 1 aliphatic carbocycles. The van der Waals surface area contributed by atoms with Crippen LogP contribution in [0.25, 0.3) is 0 Å². The van der Waals surface area contributed by atoms with E-state index in [0.717, 1.165) is 64.1 Å². The Morgan fingerprint density at radius 2 is 1.54 bits per heavy atom. The van der Waals surface area contributed by atoms with Crippen molar-refractivity contribution in [3.05, 3.63) is 28.2 Å². The normalized spacial score (nSPS) is 23.1. The maximum Gasteiger partial charge on any atom is 0.229 e. The molecule has 1 saturated carbocycles. The Bertz CT molecular complexity index is 736. The van der Waals surface area contributed by atoms with E-state index in [1.54, 1.807) is 6.07 Å². The number of imide groups is 1. The van der Waals surface area contributed by atoms with Crippen LogP contribution >= 0.6 is 23.2 Å². The van der Waals surface area contributed by atoms with Crippen LogP contribution < -0.4 is 4.90 Å². The number of rotatable bonds is 4. The first-order valence-electron chi connectivity index (χ1n) is 10.2. The van der Waals surface area contributed by atoms with E-state index in [1.807, 2.05) is 12.1 Å². The summed E-state index contributed by atoms with van der Waals surface area (Å²) in [6.07, 6.45) is 5.50. The molecule has 0 N–H and O–H groups in total. The number of carbonyl (C=O) groups is 2. The van der Waals surface area contributed by atoms with Gasteiger partial charge < -0.3 is 4.90 Å². The molecule has 0 bridgehead atoms. The Morgan fingerprint density at radius 1 is 0.893 bits per heavy atom. The molecule has 3 aliphatic rings. The molecular formula is C21H27Cl2N3O2. The summed E-state index contributed by atoms with van der Waals surface area (Å²) in [6.45, 7) is 4.76. The Labute approximate surface area is 176 Å². The molecular weight excluding hydrogens is 397 g/mol. The standard InChI is InChI=1S/C21H27Cl2N3O2/c22-16-3-4-18(17(23)13-16)25-10-7-24(8-11-25)9-12-26-19(27)14-21(15-20(26)28)5-1-2-6-21/h3-4,13H,1-2,5-12,14-15H2. The topological polar surface area (TPSA) is 43.9 Å². The first-order valence-corrected chi connectivity index (χ1v) is 11.0. The number of piperazine rings is 1. The van der Waals surface area contributed by atoms with E-state index in [2.05, 4.69) is 9.80 Å². The lowest BCUT2D eigenvalue weighted by atomic mass is 9.76. The van der Waals surface area contributed by atoms with E-state index in [1.165, 1.54) is 4.90 Å². The van der Waals surface area contributed by atoms with Crippen molar-refractivity contribution in [1.29, 1.82) is 0 Å². The molecule has 1 aromatic rings. The molecule has 0 aromatic heterocycles. The number of hydrogen-bond acceptors (Lipinski definition) is 4. The van der Waals surface area contributed by atoms with Gasteiger partial charge in [-0.1, -0.05) is 36.0 Å². The van der Waals surface area contributed by atoms with Gasteiger partial charge in [0.15, 0.2) is 0 Å². The van der Waals surface area contributed by atoms with Gasteiger partial charge in [0.1, 0.15) is 0 Å². The molecule has 2 saturated heterocycles. The number of benzene rings is 1. The Balaban J connectivity index is 1.27. The fourth-order valence-corrected chi connectivity index (χ4v) is 5.48. The maximum absolute atomic E-state index is 12.6. The van der Waals surface area contributed by atoms with Gasteiger partial charge in [-0.3, -0.25) is 19.4 Å². The second-order valence-corrected chi connectivity index (χ2v) is 9.27. The summed E-state index contributed by atoms with van der Waals surface area (Å²) in [4.78, 5) is 31.3. The van der Waals surface area contributed by atoms with E-state index >= 15 is 0 Å². The smallest absolute Gasteiger partial charge is 0.229 e. The van der Waals surface area contributed by atoms with Gasteiger partial charge in [0.2, 0.25) is 11.8 Å². The lowest BCUT2D eigenvalue weighted by Crippen LogP contribution is -2.52. The van der Waals surface area contributed by atoms with Crippen molar-refractivity contribution in [2.24, 2.45) is 5.41 Å². The van der Waals surface area contributed by atoms with Crippen LogP contribution in [0.1, 0.15) is 38.5 Å². The molecule has 0 radical (unpaired) electrons. The van der Waals surface area contributed by atoms with Crippen molar-refractivity contribution in [2.45, 2.75) is 38.5 Å². The van der Waals surface area contributed by atoms with Gasteiger partial charge in [0.25, 0.3) is 0 Å². The van der Waals surface area contributed by atoms with E-state index < -0.39 is 0 Å². The molecule has 4 rings (SSSR count). The van der Waals surface area contributed by atoms with Crippen LogP contribution in [0.3, 0.4) is 0 Å². The van der Waals surface area contributed by atoms with E-state index in [4.69, 9.17) is 23.2 Å². The molecule has 152 valence electrons.